The van der Waals surface area contributed by atoms with Crippen LogP contribution in [0.15, 0.2) is 0 Å². The van der Waals surface area contributed by atoms with E-state index in [4.69, 9.17) is 10.2 Å². The second-order valence-corrected chi connectivity index (χ2v) is 6.36. The molecule has 0 aliphatic heterocycles. The van der Waals surface area contributed by atoms with Gasteiger partial charge in [-0.3, -0.25) is 0 Å². The molecule has 208 valence electrons. The van der Waals surface area contributed by atoms with Crippen molar-refractivity contribution in [3.05, 3.63) is 0 Å². The first kappa shape index (κ1) is 34.8. The highest BCUT2D eigenvalue weighted by atomic mass is 19.4. The zero-order valence-electron chi connectivity index (χ0n) is 15.9. The lowest BCUT2D eigenvalue weighted by atomic mass is 10.00. The molecule has 0 radical (unpaired) electrons. The Balaban J connectivity index is 0. The maximum absolute atomic E-state index is 12.6. The maximum atomic E-state index is 12.6. The summed E-state index contributed by atoms with van der Waals surface area (Å²) >= 11 is 0. The van der Waals surface area contributed by atoms with Crippen LogP contribution >= 0.6 is 0 Å². The molecule has 0 bridgehead atoms. The van der Waals surface area contributed by atoms with Crippen molar-refractivity contribution in [1.82, 2.24) is 0 Å². The second kappa shape index (κ2) is 10.7. The van der Waals surface area contributed by atoms with E-state index in [-0.39, 0.29) is 0 Å². The fourth-order valence-corrected chi connectivity index (χ4v) is 1.73. The Morgan fingerprint density at radius 1 is 0.353 bits per heavy atom. The lowest BCUT2D eigenvalue weighted by molar-refractivity contribution is -0.396. The smallest absolute Gasteiger partial charge is 0.396 e. The van der Waals surface area contributed by atoms with Crippen LogP contribution in [-0.2, 0) is 0 Å². The van der Waals surface area contributed by atoms with E-state index in [2.05, 4.69) is 0 Å². The van der Waals surface area contributed by atoms with Gasteiger partial charge in [0.15, 0.2) is 0 Å². The largest absolute Gasteiger partial charge is 0.460 e. The number of hydrogen-bond donors (Lipinski definition) is 2. The van der Waals surface area contributed by atoms with E-state index in [1.54, 1.807) is 0 Å². The summed E-state index contributed by atoms with van der Waals surface area (Å²) < 4.78 is 219. The molecule has 0 rings (SSSR count). The Morgan fingerprint density at radius 3 is 0.706 bits per heavy atom. The maximum Gasteiger partial charge on any atom is 0.460 e. The van der Waals surface area contributed by atoms with Crippen molar-refractivity contribution in [3.8, 4) is 0 Å². The normalized spacial score (nSPS) is 15.2. The van der Waals surface area contributed by atoms with Gasteiger partial charge in [0.25, 0.3) is 0 Å². The highest BCUT2D eigenvalue weighted by Crippen LogP contribution is 2.55. The fourth-order valence-electron chi connectivity index (χ4n) is 1.73. The lowest BCUT2D eigenvalue weighted by Gasteiger charge is -2.33. The molecule has 0 saturated carbocycles. The summed E-state index contributed by atoms with van der Waals surface area (Å²) in [7, 11) is 0. The highest BCUT2D eigenvalue weighted by Gasteiger charge is 2.82. The third-order valence-corrected chi connectivity index (χ3v) is 3.72. The molecule has 2 N–H and O–H groups in total. The quantitative estimate of drug-likeness (QED) is 0.304. The van der Waals surface area contributed by atoms with E-state index in [9.17, 15) is 79.0 Å². The number of hydrogen-bond acceptors (Lipinski definition) is 2. The molecule has 0 aromatic carbocycles. The molecule has 0 atom stereocenters. The summed E-state index contributed by atoms with van der Waals surface area (Å²) in [5.41, 5.74) is 0. The van der Waals surface area contributed by atoms with E-state index in [1.807, 2.05) is 0 Å². The average Bonchev–Trinajstić information content (AvgIpc) is 2.62. The Labute approximate surface area is 177 Å². The Morgan fingerprint density at radius 2 is 0.559 bits per heavy atom. The predicted octanol–water partition coefficient (Wildman–Crippen LogP) is 6.45. The molecule has 0 heterocycles. The van der Waals surface area contributed by atoms with Crippen LogP contribution in [0.3, 0.4) is 0 Å². The molecule has 0 amide bonds. The van der Waals surface area contributed by atoms with Crippen LogP contribution in [0.4, 0.5) is 79.0 Å². The molecule has 2 nitrogen and oxygen atoms in total. The van der Waals surface area contributed by atoms with Gasteiger partial charge in [-0.25, -0.2) is 0 Å². The van der Waals surface area contributed by atoms with Gasteiger partial charge in [-0.05, 0) is 12.8 Å². The SMILES string of the molecule is OCCCC(F)(F)C(F)(F)C(F)(F)C(F)(F)F.OCCCC(F)(F)C(F)(F)C(F)(F)C(F)(F)F. The molecule has 0 aliphatic carbocycles. The molecule has 0 aliphatic rings. The van der Waals surface area contributed by atoms with Crippen molar-refractivity contribution in [2.24, 2.45) is 0 Å². The van der Waals surface area contributed by atoms with Crippen molar-refractivity contribution in [2.75, 3.05) is 13.2 Å². The van der Waals surface area contributed by atoms with Gasteiger partial charge in [-0.1, -0.05) is 0 Å². The molecule has 0 unspecified atom stereocenters. The molecule has 0 spiro atoms. The van der Waals surface area contributed by atoms with Gasteiger partial charge in [0.05, 0.1) is 0 Å². The Hall–Kier alpha value is -1.34. The first-order chi connectivity index (χ1) is 14.6. The van der Waals surface area contributed by atoms with Crippen LogP contribution in [-0.4, -0.2) is 71.3 Å². The fraction of sp³-hybridized carbons (Fsp3) is 1.00. The van der Waals surface area contributed by atoms with E-state index in [1.165, 1.54) is 0 Å². The molecule has 0 fully saturated rings. The summed E-state index contributed by atoms with van der Waals surface area (Å²) in [6.45, 7) is -2.08. The zero-order chi connectivity index (χ0) is 28.2. The minimum Gasteiger partial charge on any atom is -0.396 e. The topological polar surface area (TPSA) is 40.5 Å². The summed E-state index contributed by atoms with van der Waals surface area (Å²) in [6.07, 6.45) is -19.6. The average molecular weight is 556 g/mol. The van der Waals surface area contributed by atoms with Gasteiger partial charge in [-0.2, -0.15) is 79.0 Å². The second-order valence-electron chi connectivity index (χ2n) is 6.36. The number of aliphatic hydroxyl groups excluding tert-OH is 2. The van der Waals surface area contributed by atoms with Crippen LogP contribution in [0, 0.1) is 0 Å². The van der Waals surface area contributed by atoms with Gasteiger partial charge < -0.3 is 10.2 Å². The highest BCUT2D eigenvalue weighted by molar-refractivity contribution is 5.01. The molecule has 34 heavy (non-hydrogen) atoms. The number of rotatable bonds is 10. The summed E-state index contributed by atoms with van der Waals surface area (Å²) in [5, 5.41) is 16.1. The predicted molar refractivity (Wildman–Crippen MR) is 74.4 cm³/mol. The van der Waals surface area contributed by atoms with Gasteiger partial charge in [0, 0.05) is 26.1 Å². The van der Waals surface area contributed by atoms with E-state index in [0.29, 0.717) is 0 Å². The minimum atomic E-state index is -6.85. The van der Waals surface area contributed by atoms with Crippen LogP contribution in [0.1, 0.15) is 25.7 Å². The van der Waals surface area contributed by atoms with Crippen LogP contribution < -0.4 is 0 Å². The molecule has 20 heteroatoms. The summed E-state index contributed by atoms with van der Waals surface area (Å²) in [4.78, 5) is 0. The third kappa shape index (κ3) is 6.87. The third-order valence-electron chi connectivity index (χ3n) is 3.72. The van der Waals surface area contributed by atoms with E-state index >= 15 is 0 Å². The minimum absolute atomic E-state index is 1.03. The zero-order valence-corrected chi connectivity index (χ0v) is 15.9. The van der Waals surface area contributed by atoms with Crippen LogP contribution in [0.25, 0.3) is 0 Å². The van der Waals surface area contributed by atoms with Crippen molar-refractivity contribution in [3.63, 3.8) is 0 Å². The molecular formula is C14H14F18O2. The van der Waals surface area contributed by atoms with Crippen LogP contribution in [0.5, 0.6) is 0 Å². The summed E-state index contributed by atoms with van der Waals surface area (Å²) in [6, 6.07) is 0. The van der Waals surface area contributed by atoms with E-state index < -0.39 is 86.8 Å². The molecule has 0 saturated heterocycles. The van der Waals surface area contributed by atoms with Crippen molar-refractivity contribution < 1.29 is 89.2 Å². The molecule has 0 aromatic rings. The van der Waals surface area contributed by atoms with Gasteiger partial charge in [0.2, 0.25) is 0 Å². The molecule has 0 aromatic heterocycles. The van der Waals surface area contributed by atoms with Crippen molar-refractivity contribution in [2.45, 2.75) is 73.6 Å². The van der Waals surface area contributed by atoms with E-state index in [0.717, 1.165) is 0 Å². The van der Waals surface area contributed by atoms with Crippen molar-refractivity contribution in [1.29, 1.82) is 0 Å². The number of alkyl halides is 18. The lowest BCUT2D eigenvalue weighted by Crippen LogP contribution is -2.60. The summed E-state index contributed by atoms with van der Waals surface area (Å²) in [5.74, 6) is -38.0. The van der Waals surface area contributed by atoms with Crippen molar-refractivity contribution >= 4 is 0 Å². The van der Waals surface area contributed by atoms with Gasteiger partial charge in [-0.15, -0.1) is 0 Å². The number of halogens is 18. The monoisotopic (exact) mass is 556 g/mol. The standard InChI is InChI=1S/2C7H7F9O/c2*8-4(9,2-1-3-17)5(10,11)6(12,13)7(14,15)16/h2*17H,1-3H2. The van der Waals surface area contributed by atoms with Gasteiger partial charge in [0.1, 0.15) is 0 Å². The first-order valence-electron chi connectivity index (χ1n) is 8.24. The Kier molecular flexibility index (Phi) is 11.0. The number of aliphatic hydroxyl groups is 2. The van der Waals surface area contributed by atoms with Crippen LogP contribution in [0.2, 0.25) is 0 Å². The van der Waals surface area contributed by atoms with Gasteiger partial charge >= 0.3 is 47.9 Å². The first-order valence-corrected chi connectivity index (χ1v) is 8.24. The molecular weight excluding hydrogens is 542 g/mol. The Bertz CT molecular complexity index is 567.